The fraction of sp³-hybridized carbons (Fsp3) is 0.750. The highest BCUT2D eigenvalue weighted by Gasteiger charge is 2.60. The molecular weight excluding hydrogens is 270 g/mol. The SMILES string of the molecule is O=C(OC1C[C@H]2C3CCC(O3)[C@@H]12)c1conc1C1CCC1. The molecule has 0 radical (unpaired) electrons. The lowest BCUT2D eigenvalue weighted by molar-refractivity contribution is -0.0614. The molecule has 2 aliphatic carbocycles. The van der Waals surface area contributed by atoms with Gasteiger partial charge in [-0.2, -0.15) is 0 Å². The van der Waals surface area contributed by atoms with Crippen LogP contribution in [0.15, 0.2) is 10.8 Å². The first-order valence-electron chi connectivity index (χ1n) is 8.12. The number of ether oxygens (including phenoxy) is 2. The van der Waals surface area contributed by atoms with E-state index in [2.05, 4.69) is 5.16 Å². The quantitative estimate of drug-likeness (QED) is 0.801. The van der Waals surface area contributed by atoms with E-state index >= 15 is 0 Å². The molecule has 2 saturated carbocycles. The standard InChI is InChI=1S/C16H19NO4/c18-16(10-7-19-17-15(10)8-2-1-3-8)21-13-6-9-11-4-5-12(20-11)14(9)13/h7-9,11-14H,1-6H2/t9-,11?,12?,13?,14-/m0/s1. The van der Waals surface area contributed by atoms with Crippen molar-refractivity contribution in [1.82, 2.24) is 5.16 Å². The molecule has 3 heterocycles. The van der Waals surface area contributed by atoms with Gasteiger partial charge in [-0.3, -0.25) is 0 Å². The van der Waals surface area contributed by atoms with Crippen molar-refractivity contribution in [3.05, 3.63) is 17.5 Å². The van der Waals surface area contributed by atoms with E-state index in [0.717, 1.165) is 31.4 Å². The molecule has 1 aromatic rings. The summed E-state index contributed by atoms with van der Waals surface area (Å²) in [6.45, 7) is 0. The van der Waals surface area contributed by atoms with Crippen molar-refractivity contribution in [2.75, 3.05) is 0 Å². The van der Waals surface area contributed by atoms with E-state index in [-0.39, 0.29) is 12.1 Å². The minimum atomic E-state index is -0.260. The Kier molecular flexibility index (Phi) is 2.51. The predicted molar refractivity (Wildman–Crippen MR) is 71.8 cm³/mol. The van der Waals surface area contributed by atoms with E-state index in [9.17, 15) is 4.79 Å². The van der Waals surface area contributed by atoms with Crippen LogP contribution in [-0.2, 0) is 9.47 Å². The van der Waals surface area contributed by atoms with Crippen molar-refractivity contribution in [2.24, 2.45) is 11.8 Å². The number of carbonyl (C=O) groups is 1. The molecule has 5 nitrogen and oxygen atoms in total. The average molecular weight is 289 g/mol. The molecule has 5 heteroatoms. The minimum Gasteiger partial charge on any atom is -0.458 e. The van der Waals surface area contributed by atoms with Crippen molar-refractivity contribution in [3.8, 4) is 0 Å². The van der Waals surface area contributed by atoms with E-state index < -0.39 is 0 Å². The van der Waals surface area contributed by atoms with Crippen LogP contribution in [0.4, 0.5) is 0 Å². The molecule has 4 fully saturated rings. The lowest BCUT2D eigenvalue weighted by Crippen LogP contribution is -2.49. The third kappa shape index (κ3) is 1.67. The van der Waals surface area contributed by atoms with Gasteiger partial charge in [-0.05, 0) is 38.0 Å². The largest absolute Gasteiger partial charge is 0.458 e. The van der Waals surface area contributed by atoms with Gasteiger partial charge in [0.25, 0.3) is 0 Å². The maximum Gasteiger partial charge on any atom is 0.343 e. The van der Waals surface area contributed by atoms with Crippen molar-refractivity contribution >= 4 is 5.97 Å². The maximum absolute atomic E-state index is 12.4. The van der Waals surface area contributed by atoms with Crippen LogP contribution in [-0.4, -0.2) is 29.4 Å². The number of esters is 1. The predicted octanol–water partition coefficient (Wildman–Crippen LogP) is 2.66. The molecule has 0 spiro atoms. The Morgan fingerprint density at radius 3 is 2.86 bits per heavy atom. The number of rotatable bonds is 3. The van der Waals surface area contributed by atoms with Crippen LogP contribution in [0.25, 0.3) is 0 Å². The molecule has 2 saturated heterocycles. The summed E-state index contributed by atoms with van der Waals surface area (Å²) in [4.78, 5) is 12.4. The molecule has 5 rings (SSSR count). The zero-order valence-corrected chi connectivity index (χ0v) is 11.9. The first kappa shape index (κ1) is 12.2. The molecule has 112 valence electrons. The molecule has 3 unspecified atom stereocenters. The van der Waals surface area contributed by atoms with Gasteiger partial charge in [0.05, 0.1) is 12.2 Å². The summed E-state index contributed by atoms with van der Waals surface area (Å²) in [6.07, 6.45) is 8.89. The summed E-state index contributed by atoms with van der Waals surface area (Å²) in [5.74, 6) is 1.17. The van der Waals surface area contributed by atoms with Crippen molar-refractivity contribution in [1.29, 1.82) is 0 Å². The molecule has 4 aliphatic rings. The number of carbonyl (C=O) groups excluding carboxylic acids is 1. The van der Waals surface area contributed by atoms with Crippen LogP contribution in [0.5, 0.6) is 0 Å². The van der Waals surface area contributed by atoms with Gasteiger partial charge in [-0.25, -0.2) is 4.79 Å². The molecular formula is C16H19NO4. The molecule has 2 bridgehead atoms. The van der Waals surface area contributed by atoms with E-state index in [1.165, 1.54) is 19.1 Å². The fourth-order valence-electron chi connectivity index (χ4n) is 4.57. The van der Waals surface area contributed by atoms with Crippen LogP contribution in [0.1, 0.15) is 60.5 Å². The van der Waals surface area contributed by atoms with Gasteiger partial charge in [-0.15, -0.1) is 0 Å². The first-order chi connectivity index (χ1) is 10.3. The Labute approximate surface area is 123 Å². The molecule has 0 N–H and O–H groups in total. The van der Waals surface area contributed by atoms with E-state index in [4.69, 9.17) is 14.0 Å². The van der Waals surface area contributed by atoms with Crippen LogP contribution in [0.3, 0.4) is 0 Å². The Bertz CT molecular complexity index is 577. The summed E-state index contributed by atoms with van der Waals surface area (Å²) in [7, 11) is 0. The molecule has 21 heavy (non-hydrogen) atoms. The van der Waals surface area contributed by atoms with Crippen LogP contribution >= 0.6 is 0 Å². The third-order valence-corrected chi connectivity index (χ3v) is 5.99. The molecule has 2 aliphatic heterocycles. The third-order valence-electron chi connectivity index (χ3n) is 5.99. The lowest BCUT2D eigenvalue weighted by Gasteiger charge is -2.44. The highest BCUT2D eigenvalue weighted by molar-refractivity contribution is 5.90. The van der Waals surface area contributed by atoms with Gasteiger partial charge in [-0.1, -0.05) is 11.6 Å². The number of aromatic nitrogens is 1. The van der Waals surface area contributed by atoms with Crippen molar-refractivity contribution in [2.45, 2.75) is 62.8 Å². The van der Waals surface area contributed by atoms with Crippen LogP contribution in [0.2, 0.25) is 0 Å². The second-order valence-corrected chi connectivity index (χ2v) is 6.95. The van der Waals surface area contributed by atoms with E-state index in [0.29, 0.717) is 35.5 Å². The lowest BCUT2D eigenvalue weighted by atomic mass is 9.63. The summed E-state index contributed by atoms with van der Waals surface area (Å²) in [6, 6.07) is 0. The second kappa shape index (κ2) is 4.32. The molecule has 5 atom stereocenters. The number of hydrogen-bond acceptors (Lipinski definition) is 5. The van der Waals surface area contributed by atoms with Crippen LogP contribution < -0.4 is 0 Å². The van der Waals surface area contributed by atoms with Gasteiger partial charge < -0.3 is 14.0 Å². The van der Waals surface area contributed by atoms with Gasteiger partial charge in [0.15, 0.2) is 0 Å². The monoisotopic (exact) mass is 289 g/mol. The highest BCUT2D eigenvalue weighted by atomic mass is 16.6. The Morgan fingerprint density at radius 2 is 2.10 bits per heavy atom. The average Bonchev–Trinajstić information content (AvgIpc) is 3.06. The zero-order valence-electron chi connectivity index (χ0n) is 11.9. The zero-order chi connectivity index (χ0) is 14.0. The topological polar surface area (TPSA) is 61.6 Å². The second-order valence-electron chi connectivity index (χ2n) is 6.95. The summed E-state index contributed by atoms with van der Waals surface area (Å²) in [5, 5.41) is 4.01. The molecule has 0 aromatic carbocycles. The molecule has 1 aromatic heterocycles. The smallest absolute Gasteiger partial charge is 0.343 e. The Morgan fingerprint density at radius 1 is 1.24 bits per heavy atom. The van der Waals surface area contributed by atoms with Gasteiger partial charge >= 0.3 is 5.97 Å². The van der Waals surface area contributed by atoms with Crippen LogP contribution in [0, 0.1) is 11.8 Å². The first-order valence-corrected chi connectivity index (χ1v) is 8.12. The summed E-state index contributed by atoms with van der Waals surface area (Å²) >= 11 is 0. The Balaban J connectivity index is 1.29. The van der Waals surface area contributed by atoms with Crippen molar-refractivity contribution < 1.29 is 18.8 Å². The van der Waals surface area contributed by atoms with Gasteiger partial charge in [0, 0.05) is 11.8 Å². The number of nitrogens with zero attached hydrogens (tertiary/aromatic N) is 1. The number of hydrogen-bond donors (Lipinski definition) is 0. The summed E-state index contributed by atoms with van der Waals surface area (Å²) in [5.41, 5.74) is 1.33. The van der Waals surface area contributed by atoms with E-state index in [1.807, 2.05) is 0 Å². The number of fused-ring (bicyclic) bond motifs is 5. The molecule has 0 amide bonds. The van der Waals surface area contributed by atoms with E-state index in [1.54, 1.807) is 0 Å². The fourth-order valence-corrected chi connectivity index (χ4v) is 4.57. The van der Waals surface area contributed by atoms with Crippen molar-refractivity contribution in [3.63, 3.8) is 0 Å². The highest BCUT2D eigenvalue weighted by Crippen LogP contribution is 2.55. The normalized spacial score (nSPS) is 40.5. The van der Waals surface area contributed by atoms with Gasteiger partial charge in [0.2, 0.25) is 0 Å². The van der Waals surface area contributed by atoms with Gasteiger partial charge in [0.1, 0.15) is 23.6 Å². The maximum atomic E-state index is 12.4. The summed E-state index contributed by atoms with van der Waals surface area (Å²) < 4.78 is 16.7. The Hall–Kier alpha value is -1.36. The minimum absolute atomic E-state index is 0.0296.